The Balaban J connectivity index is 1.48. The molecule has 3 heterocycles. The number of hydrogen-bond donors (Lipinski definition) is 2. The molecule has 2 saturated heterocycles. The Bertz CT molecular complexity index is 717. The van der Waals surface area contributed by atoms with Crippen LogP contribution in [0.5, 0.6) is 0 Å². The Hall–Kier alpha value is -1.24. The van der Waals surface area contributed by atoms with Gasteiger partial charge in [-0.1, -0.05) is 28.1 Å². The fourth-order valence-electron chi connectivity index (χ4n) is 3.37. The van der Waals surface area contributed by atoms with Crippen molar-refractivity contribution in [3.05, 3.63) is 39.9 Å². The predicted molar refractivity (Wildman–Crippen MR) is 91.1 cm³/mol. The number of fused-ring (bicyclic) bond motifs is 2. The first-order chi connectivity index (χ1) is 10.7. The third-order valence-electron chi connectivity index (χ3n) is 4.43. The summed E-state index contributed by atoms with van der Waals surface area (Å²) < 4.78 is 1.03. The van der Waals surface area contributed by atoms with E-state index in [1.165, 1.54) is 17.8 Å². The van der Waals surface area contributed by atoms with Gasteiger partial charge in [-0.25, -0.2) is 4.98 Å². The summed E-state index contributed by atoms with van der Waals surface area (Å²) in [4.78, 5) is 17.7. The Morgan fingerprint density at radius 3 is 3.05 bits per heavy atom. The highest BCUT2D eigenvalue weighted by Crippen LogP contribution is 2.30. The van der Waals surface area contributed by atoms with E-state index in [0.29, 0.717) is 17.1 Å². The van der Waals surface area contributed by atoms with Gasteiger partial charge in [-0.05, 0) is 37.0 Å². The van der Waals surface area contributed by atoms with Gasteiger partial charge in [-0.2, -0.15) is 0 Å². The zero-order valence-corrected chi connectivity index (χ0v) is 14.3. The summed E-state index contributed by atoms with van der Waals surface area (Å²) in [6, 6.07) is 9.32. The minimum absolute atomic E-state index is 0.0504. The lowest BCUT2D eigenvalue weighted by Crippen LogP contribution is -2.42. The first-order valence-electron chi connectivity index (χ1n) is 7.48. The average Bonchev–Trinajstić information content (AvgIpc) is 3.23. The summed E-state index contributed by atoms with van der Waals surface area (Å²) in [6.45, 7) is 0. The van der Waals surface area contributed by atoms with Gasteiger partial charge in [-0.15, -0.1) is 11.3 Å². The molecule has 3 atom stereocenters. The monoisotopic (exact) mass is 377 g/mol. The second kappa shape index (κ2) is 5.76. The van der Waals surface area contributed by atoms with Crippen LogP contribution in [0.25, 0.3) is 10.4 Å². The molecule has 6 heteroatoms. The van der Waals surface area contributed by atoms with Crippen LogP contribution in [0.2, 0.25) is 0 Å². The van der Waals surface area contributed by atoms with E-state index in [-0.39, 0.29) is 11.9 Å². The lowest BCUT2D eigenvalue weighted by atomic mass is 9.95. The van der Waals surface area contributed by atoms with Crippen LogP contribution in [-0.2, 0) is 0 Å². The van der Waals surface area contributed by atoms with Gasteiger partial charge >= 0.3 is 0 Å². The van der Waals surface area contributed by atoms with Crippen molar-refractivity contribution >= 4 is 33.2 Å². The number of benzene rings is 1. The third kappa shape index (κ3) is 2.71. The molecule has 0 spiro atoms. The van der Waals surface area contributed by atoms with Crippen molar-refractivity contribution in [2.45, 2.75) is 37.4 Å². The molecule has 2 fully saturated rings. The molecule has 1 aromatic heterocycles. The lowest BCUT2D eigenvalue weighted by Gasteiger charge is -2.20. The first kappa shape index (κ1) is 14.4. The van der Waals surface area contributed by atoms with Gasteiger partial charge in [0.1, 0.15) is 0 Å². The molecule has 0 saturated carbocycles. The number of carbonyl (C=O) groups excluding carboxylic acids is 1. The van der Waals surface area contributed by atoms with Gasteiger partial charge in [0, 0.05) is 28.8 Å². The molecule has 0 radical (unpaired) electrons. The van der Waals surface area contributed by atoms with Crippen LogP contribution in [0.1, 0.15) is 29.1 Å². The van der Waals surface area contributed by atoms with E-state index < -0.39 is 0 Å². The second-order valence-corrected chi connectivity index (χ2v) is 7.85. The summed E-state index contributed by atoms with van der Waals surface area (Å²) in [7, 11) is 0. The average molecular weight is 378 g/mol. The van der Waals surface area contributed by atoms with Crippen LogP contribution < -0.4 is 10.6 Å². The van der Waals surface area contributed by atoms with Crippen molar-refractivity contribution in [3.63, 3.8) is 0 Å². The standard InChI is InChI=1S/C16H16BrN3OS/c17-10-3-1-2-9(6-10)14-8-18-16(22-14)15(21)20-13-7-11-4-5-12(13)19-11/h1-3,6,8,11-13,19H,4-5,7H2,(H,20,21). The van der Waals surface area contributed by atoms with Crippen LogP contribution in [0.15, 0.2) is 34.9 Å². The summed E-state index contributed by atoms with van der Waals surface area (Å²) in [6.07, 6.45) is 5.22. The maximum atomic E-state index is 12.4. The van der Waals surface area contributed by atoms with E-state index in [9.17, 15) is 4.79 Å². The number of nitrogens with zero attached hydrogens (tertiary/aromatic N) is 1. The van der Waals surface area contributed by atoms with Crippen molar-refractivity contribution in [2.75, 3.05) is 0 Å². The van der Waals surface area contributed by atoms with Crippen LogP contribution >= 0.6 is 27.3 Å². The number of carbonyl (C=O) groups is 1. The minimum atomic E-state index is -0.0504. The Labute approximate surface area is 141 Å². The molecule has 0 aliphatic carbocycles. The topological polar surface area (TPSA) is 54.0 Å². The van der Waals surface area contributed by atoms with Crippen molar-refractivity contribution < 1.29 is 4.79 Å². The molecular formula is C16H16BrN3OS. The molecule has 2 N–H and O–H groups in total. The fraction of sp³-hybridized carbons (Fsp3) is 0.375. The molecule has 2 aliphatic rings. The van der Waals surface area contributed by atoms with Crippen molar-refractivity contribution in [1.29, 1.82) is 0 Å². The largest absolute Gasteiger partial charge is 0.346 e. The SMILES string of the molecule is O=C(NC1CC2CCC1N2)c1ncc(-c2cccc(Br)c2)s1. The molecule has 2 aliphatic heterocycles. The molecule has 2 aromatic rings. The normalized spacial score (nSPS) is 26.3. The highest BCUT2D eigenvalue weighted by atomic mass is 79.9. The van der Waals surface area contributed by atoms with Gasteiger partial charge < -0.3 is 10.6 Å². The van der Waals surface area contributed by atoms with Gasteiger partial charge in [0.2, 0.25) is 0 Å². The van der Waals surface area contributed by atoms with Crippen LogP contribution in [0.3, 0.4) is 0 Å². The van der Waals surface area contributed by atoms with E-state index >= 15 is 0 Å². The molecule has 1 amide bonds. The maximum absolute atomic E-state index is 12.4. The third-order valence-corrected chi connectivity index (χ3v) is 5.96. The highest BCUT2D eigenvalue weighted by molar-refractivity contribution is 9.10. The summed E-state index contributed by atoms with van der Waals surface area (Å²) in [5, 5.41) is 7.21. The fourth-order valence-corrected chi connectivity index (χ4v) is 4.58. The number of halogens is 1. The number of rotatable bonds is 3. The molecule has 1 aromatic carbocycles. The molecule has 114 valence electrons. The van der Waals surface area contributed by atoms with Crippen LogP contribution in [-0.4, -0.2) is 29.0 Å². The molecule has 4 nitrogen and oxygen atoms in total. The van der Waals surface area contributed by atoms with Crippen molar-refractivity contribution in [3.8, 4) is 10.4 Å². The van der Waals surface area contributed by atoms with E-state index in [2.05, 4.69) is 31.5 Å². The Morgan fingerprint density at radius 2 is 2.32 bits per heavy atom. The molecule has 3 unspecified atom stereocenters. The molecule has 4 rings (SSSR count). The second-order valence-electron chi connectivity index (χ2n) is 5.90. The van der Waals surface area contributed by atoms with Crippen LogP contribution in [0, 0.1) is 0 Å². The summed E-state index contributed by atoms with van der Waals surface area (Å²) in [5.74, 6) is -0.0504. The van der Waals surface area contributed by atoms with Crippen molar-refractivity contribution in [2.24, 2.45) is 0 Å². The lowest BCUT2D eigenvalue weighted by molar-refractivity contribution is 0.0930. The van der Waals surface area contributed by atoms with E-state index in [1.807, 2.05) is 24.3 Å². The van der Waals surface area contributed by atoms with Crippen LogP contribution in [0.4, 0.5) is 0 Å². The minimum Gasteiger partial charge on any atom is -0.346 e. The molecule has 22 heavy (non-hydrogen) atoms. The Kier molecular flexibility index (Phi) is 3.76. The van der Waals surface area contributed by atoms with E-state index in [4.69, 9.17) is 0 Å². The zero-order valence-electron chi connectivity index (χ0n) is 11.9. The quantitative estimate of drug-likeness (QED) is 0.863. The maximum Gasteiger partial charge on any atom is 0.280 e. The highest BCUT2D eigenvalue weighted by Gasteiger charge is 2.39. The predicted octanol–water partition coefficient (Wildman–Crippen LogP) is 3.20. The smallest absolute Gasteiger partial charge is 0.280 e. The van der Waals surface area contributed by atoms with E-state index in [1.54, 1.807) is 6.20 Å². The van der Waals surface area contributed by atoms with E-state index in [0.717, 1.165) is 27.8 Å². The number of thiazole rings is 1. The number of aromatic nitrogens is 1. The first-order valence-corrected chi connectivity index (χ1v) is 9.09. The van der Waals surface area contributed by atoms with Gasteiger partial charge in [0.25, 0.3) is 5.91 Å². The van der Waals surface area contributed by atoms with Gasteiger partial charge in [0.15, 0.2) is 5.01 Å². The number of amides is 1. The number of nitrogens with one attached hydrogen (secondary N) is 2. The Morgan fingerprint density at radius 1 is 1.41 bits per heavy atom. The van der Waals surface area contributed by atoms with Gasteiger partial charge in [-0.3, -0.25) is 4.79 Å². The zero-order chi connectivity index (χ0) is 15.1. The molecule has 2 bridgehead atoms. The molecular weight excluding hydrogens is 362 g/mol. The summed E-state index contributed by atoms with van der Waals surface area (Å²) in [5.41, 5.74) is 1.08. The number of hydrogen-bond acceptors (Lipinski definition) is 4. The van der Waals surface area contributed by atoms with Gasteiger partial charge in [0.05, 0.1) is 4.88 Å². The van der Waals surface area contributed by atoms with Crippen molar-refractivity contribution in [1.82, 2.24) is 15.6 Å². The summed E-state index contributed by atoms with van der Waals surface area (Å²) >= 11 is 4.91.